The van der Waals surface area contributed by atoms with E-state index in [0.29, 0.717) is 16.7 Å². The first-order valence-corrected chi connectivity index (χ1v) is 11.8. The molecular weight excluding hydrogens is 408 g/mol. The monoisotopic (exact) mass is 436 g/mol. The molecule has 29 heavy (non-hydrogen) atoms. The Kier molecular flexibility index (Phi) is 7.79. The van der Waals surface area contributed by atoms with Gasteiger partial charge in [-0.2, -0.15) is 4.98 Å². The van der Waals surface area contributed by atoms with Crippen LogP contribution in [0.1, 0.15) is 42.5 Å². The molecule has 0 unspecified atom stereocenters. The second-order valence-corrected chi connectivity index (χ2v) is 9.36. The molecule has 0 atom stereocenters. The Labute approximate surface area is 179 Å². The normalized spacial score (nSPS) is 13.5. The molecule has 2 aromatic rings. The van der Waals surface area contributed by atoms with Gasteiger partial charge < -0.3 is 4.90 Å². The van der Waals surface area contributed by atoms with Gasteiger partial charge in [0, 0.05) is 17.8 Å². The molecule has 158 valence electrons. The number of aromatic nitrogens is 4. The summed E-state index contributed by atoms with van der Waals surface area (Å²) in [6.07, 6.45) is 5.71. The molecule has 0 aliphatic heterocycles. The summed E-state index contributed by atoms with van der Waals surface area (Å²) >= 11 is 2.72. The first-order chi connectivity index (χ1) is 14.0. The van der Waals surface area contributed by atoms with Crippen molar-refractivity contribution < 1.29 is 4.79 Å². The van der Waals surface area contributed by atoms with Crippen molar-refractivity contribution in [1.29, 1.82) is 0 Å². The molecule has 0 fully saturated rings. The lowest BCUT2D eigenvalue weighted by Gasteiger charge is -2.23. The fourth-order valence-corrected chi connectivity index (χ4v) is 4.95. The maximum Gasteiger partial charge on any atom is 0.348 e. The summed E-state index contributed by atoms with van der Waals surface area (Å²) in [6.45, 7) is 3.62. The van der Waals surface area contributed by atoms with Gasteiger partial charge in [-0.1, -0.05) is 30.0 Å². The largest absolute Gasteiger partial charge is 0.348 e. The molecule has 1 amide bonds. The summed E-state index contributed by atoms with van der Waals surface area (Å²) in [4.78, 5) is 31.4. The van der Waals surface area contributed by atoms with E-state index in [1.54, 1.807) is 0 Å². The molecule has 3 rings (SSSR count). The molecule has 8 nitrogen and oxygen atoms in total. The number of nitrogens with one attached hydrogen (secondary N) is 1. The zero-order valence-electron chi connectivity index (χ0n) is 17.2. The average molecular weight is 437 g/mol. The van der Waals surface area contributed by atoms with E-state index >= 15 is 0 Å². The number of aryl methyl sites for hydroxylation is 1. The number of carbonyl (C=O) groups is 1. The molecule has 0 bridgehead atoms. The van der Waals surface area contributed by atoms with Crippen LogP contribution in [0.3, 0.4) is 0 Å². The van der Waals surface area contributed by atoms with Crippen molar-refractivity contribution in [2.75, 3.05) is 31.7 Å². The minimum Gasteiger partial charge on any atom is -0.309 e. The number of anilines is 1. The molecular formula is C19H28N6O2S2. The maximum absolute atomic E-state index is 12.7. The third kappa shape index (κ3) is 5.86. The molecule has 0 spiro atoms. The van der Waals surface area contributed by atoms with Crippen LogP contribution < -0.4 is 11.0 Å². The number of thioether (sulfide) groups is 1. The highest BCUT2D eigenvalue weighted by molar-refractivity contribution is 8.00. The van der Waals surface area contributed by atoms with E-state index in [2.05, 4.69) is 25.4 Å². The van der Waals surface area contributed by atoms with Crippen molar-refractivity contribution in [3.8, 4) is 0 Å². The fourth-order valence-electron chi connectivity index (χ4n) is 3.38. The van der Waals surface area contributed by atoms with Gasteiger partial charge in [-0.25, -0.2) is 4.79 Å². The molecule has 1 aliphatic rings. The van der Waals surface area contributed by atoms with Crippen LogP contribution in [0.2, 0.25) is 0 Å². The molecule has 10 heteroatoms. The third-order valence-electron chi connectivity index (χ3n) is 4.79. The van der Waals surface area contributed by atoms with Gasteiger partial charge in [0.15, 0.2) is 0 Å². The fraction of sp³-hybridized carbons (Fsp3) is 0.632. The molecule has 2 heterocycles. The number of carbonyl (C=O) groups excluding carboxylic acids is 1. The summed E-state index contributed by atoms with van der Waals surface area (Å²) in [5, 5.41) is 12.9. The van der Waals surface area contributed by atoms with Gasteiger partial charge in [-0.3, -0.25) is 14.7 Å². The Morgan fingerprint density at radius 3 is 2.79 bits per heavy atom. The van der Waals surface area contributed by atoms with Crippen LogP contribution in [0.5, 0.6) is 0 Å². The van der Waals surface area contributed by atoms with Crippen LogP contribution >= 0.6 is 23.1 Å². The first-order valence-electron chi connectivity index (χ1n) is 10.00. The van der Waals surface area contributed by atoms with Crippen molar-refractivity contribution in [1.82, 2.24) is 24.6 Å². The van der Waals surface area contributed by atoms with Crippen LogP contribution in [0.4, 0.5) is 5.13 Å². The zero-order valence-corrected chi connectivity index (χ0v) is 18.9. The minimum absolute atomic E-state index is 0.157. The molecule has 1 N–H and O–H groups in total. The highest BCUT2D eigenvalue weighted by Gasteiger charge is 2.21. The smallest absolute Gasteiger partial charge is 0.309 e. The average Bonchev–Trinajstić information content (AvgIpc) is 3.15. The van der Waals surface area contributed by atoms with Crippen molar-refractivity contribution in [3.63, 3.8) is 0 Å². The molecule has 0 aromatic carbocycles. The lowest BCUT2D eigenvalue weighted by Crippen LogP contribution is -2.31. The molecule has 0 saturated carbocycles. The Morgan fingerprint density at radius 2 is 2.07 bits per heavy atom. The summed E-state index contributed by atoms with van der Waals surface area (Å²) in [5.41, 5.74) is 2.04. The molecule has 0 radical (unpaired) electrons. The van der Waals surface area contributed by atoms with Gasteiger partial charge in [-0.05, 0) is 59.2 Å². The highest BCUT2D eigenvalue weighted by Crippen LogP contribution is 2.28. The van der Waals surface area contributed by atoms with E-state index in [4.69, 9.17) is 0 Å². The summed E-state index contributed by atoms with van der Waals surface area (Å²) < 4.78 is 1.84. The van der Waals surface area contributed by atoms with Crippen LogP contribution in [0.15, 0.2) is 9.82 Å². The predicted octanol–water partition coefficient (Wildman–Crippen LogP) is 2.22. The lowest BCUT2D eigenvalue weighted by molar-refractivity contribution is -0.113. The Morgan fingerprint density at radius 1 is 1.28 bits per heavy atom. The van der Waals surface area contributed by atoms with Gasteiger partial charge in [0.25, 0.3) is 0 Å². The predicted molar refractivity (Wildman–Crippen MR) is 117 cm³/mol. The van der Waals surface area contributed by atoms with E-state index in [0.717, 1.165) is 61.3 Å². The van der Waals surface area contributed by atoms with E-state index in [-0.39, 0.29) is 17.3 Å². The third-order valence-corrected chi connectivity index (χ3v) is 6.79. The number of amides is 1. The Bertz CT molecular complexity index is 909. The minimum atomic E-state index is -0.205. The summed E-state index contributed by atoms with van der Waals surface area (Å²) in [6, 6.07) is 0. The van der Waals surface area contributed by atoms with Gasteiger partial charge >= 0.3 is 5.69 Å². The van der Waals surface area contributed by atoms with E-state index in [1.807, 2.05) is 25.6 Å². The SMILES string of the molecule is CCc1nnc(NC(=O)CSc2nc(=O)n(CCCN(C)C)c3c2CCCC3)s1. The van der Waals surface area contributed by atoms with Crippen LogP contribution in [0, 0.1) is 0 Å². The number of rotatable bonds is 9. The van der Waals surface area contributed by atoms with Crippen molar-refractivity contribution in [2.24, 2.45) is 0 Å². The first kappa shape index (κ1) is 21.9. The van der Waals surface area contributed by atoms with Crippen LogP contribution in [-0.2, 0) is 30.6 Å². The van der Waals surface area contributed by atoms with Crippen LogP contribution in [-0.4, -0.2) is 56.9 Å². The Hall–Kier alpha value is -1.78. The zero-order chi connectivity index (χ0) is 20.8. The van der Waals surface area contributed by atoms with Gasteiger partial charge in [0.1, 0.15) is 10.0 Å². The van der Waals surface area contributed by atoms with Gasteiger partial charge in [0.2, 0.25) is 11.0 Å². The lowest BCUT2D eigenvalue weighted by atomic mass is 9.97. The van der Waals surface area contributed by atoms with E-state index in [9.17, 15) is 9.59 Å². The second kappa shape index (κ2) is 10.3. The highest BCUT2D eigenvalue weighted by atomic mass is 32.2. The number of fused-ring (bicyclic) bond motifs is 1. The topological polar surface area (TPSA) is 93.0 Å². The standard InChI is InChI=1S/C19H28N6O2S2/c1-4-16-22-23-18(29-16)20-15(26)12-28-17-13-8-5-6-9-14(13)25(19(27)21-17)11-7-10-24(2)3/h4-12H2,1-3H3,(H,20,23,26). The number of nitrogens with zero attached hydrogens (tertiary/aromatic N) is 5. The maximum atomic E-state index is 12.7. The van der Waals surface area contributed by atoms with E-state index < -0.39 is 0 Å². The quantitative estimate of drug-likeness (QED) is 0.476. The van der Waals surface area contributed by atoms with Crippen LogP contribution in [0.25, 0.3) is 0 Å². The van der Waals surface area contributed by atoms with Crippen molar-refractivity contribution in [2.45, 2.75) is 57.0 Å². The summed E-state index contributed by atoms with van der Waals surface area (Å²) in [7, 11) is 4.07. The van der Waals surface area contributed by atoms with E-state index in [1.165, 1.54) is 23.1 Å². The number of hydrogen-bond donors (Lipinski definition) is 1. The second-order valence-electron chi connectivity index (χ2n) is 7.33. The van der Waals surface area contributed by atoms with Gasteiger partial charge in [-0.15, -0.1) is 10.2 Å². The molecule has 1 aliphatic carbocycles. The Balaban J connectivity index is 1.69. The molecule has 0 saturated heterocycles. The number of hydrogen-bond acceptors (Lipinski definition) is 8. The summed E-state index contributed by atoms with van der Waals surface area (Å²) in [5.74, 6) is 0.0419. The molecule has 2 aromatic heterocycles. The van der Waals surface area contributed by atoms with Crippen molar-refractivity contribution >= 4 is 34.1 Å². The van der Waals surface area contributed by atoms with Gasteiger partial charge in [0.05, 0.1) is 5.75 Å². The van der Waals surface area contributed by atoms with Crippen molar-refractivity contribution in [3.05, 3.63) is 26.7 Å².